The summed E-state index contributed by atoms with van der Waals surface area (Å²) in [5.74, 6) is 0. The van der Waals surface area contributed by atoms with Gasteiger partial charge in [0.1, 0.15) is 0 Å². The highest BCUT2D eigenvalue weighted by atomic mass is 15.2. The molecular weight excluding hydrogens is 258 g/mol. The van der Waals surface area contributed by atoms with Gasteiger partial charge in [-0.3, -0.25) is 0 Å². The molecule has 21 heavy (non-hydrogen) atoms. The largest absolute Gasteiger partial charge is 0.311 e. The first-order valence-electron chi connectivity index (χ1n) is 8.96. The maximum atomic E-state index is 4.00. The fourth-order valence-electron chi connectivity index (χ4n) is 4.58. The number of hydrogen-bond donors (Lipinski definition) is 2. The van der Waals surface area contributed by atoms with Crippen LogP contribution in [0.25, 0.3) is 0 Å². The smallest absolute Gasteiger partial charge is 0.0144 e. The number of nitrogens with one attached hydrogen (secondary N) is 2. The van der Waals surface area contributed by atoms with E-state index in [2.05, 4.69) is 57.1 Å². The molecule has 0 bridgehead atoms. The van der Waals surface area contributed by atoms with E-state index < -0.39 is 0 Å². The lowest BCUT2D eigenvalue weighted by atomic mass is 9.79. The van der Waals surface area contributed by atoms with Gasteiger partial charge in [-0.25, -0.2) is 0 Å². The van der Waals surface area contributed by atoms with Gasteiger partial charge >= 0.3 is 0 Å². The lowest BCUT2D eigenvalue weighted by Gasteiger charge is -2.47. The molecule has 0 radical (unpaired) electrons. The van der Waals surface area contributed by atoms with E-state index in [4.69, 9.17) is 0 Å². The van der Waals surface area contributed by atoms with E-state index in [9.17, 15) is 0 Å². The van der Waals surface area contributed by atoms with Crippen LogP contribution < -0.4 is 10.6 Å². The average molecular weight is 296 g/mol. The van der Waals surface area contributed by atoms with Gasteiger partial charge in [0.15, 0.2) is 0 Å². The Morgan fingerprint density at radius 3 is 2.14 bits per heavy atom. The van der Waals surface area contributed by atoms with E-state index in [1.807, 2.05) is 0 Å². The van der Waals surface area contributed by atoms with Gasteiger partial charge in [-0.15, -0.1) is 0 Å². The zero-order valence-electron chi connectivity index (χ0n) is 15.1. The minimum absolute atomic E-state index is 0.244. The number of piperidine rings is 1. The van der Waals surface area contributed by atoms with Gasteiger partial charge in [0.05, 0.1) is 0 Å². The fraction of sp³-hybridized carbons (Fsp3) is 1.00. The summed E-state index contributed by atoms with van der Waals surface area (Å²) < 4.78 is 0. The Bertz CT molecular complexity index is 319. The van der Waals surface area contributed by atoms with Crippen molar-refractivity contribution < 1.29 is 0 Å². The molecule has 2 fully saturated rings. The van der Waals surface area contributed by atoms with Crippen LogP contribution in [0.5, 0.6) is 0 Å². The molecular formula is C18H37N3. The molecule has 2 saturated heterocycles. The topological polar surface area (TPSA) is 27.3 Å². The SMILES string of the molecule is CC(C)N1CCCC(NC2CC(C)(C)NC(C)(C)C2)CC1. The fourth-order valence-corrected chi connectivity index (χ4v) is 4.58. The van der Waals surface area contributed by atoms with Crippen LogP contribution in [0, 0.1) is 0 Å². The second-order valence-electron chi connectivity index (χ2n) is 8.92. The molecule has 2 heterocycles. The molecule has 2 aliphatic heterocycles. The van der Waals surface area contributed by atoms with E-state index >= 15 is 0 Å². The molecule has 124 valence electrons. The third kappa shape index (κ3) is 5.22. The molecule has 0 saturated carbocycles. The highest BCUT2D eigenvalue weighted by Gasteiger charge is 2.38. The maximum Gasteiger partial charge on any atom is 0.0144 e. The molecule has 2 aliphatic rings. The standard InChI is InChI=1S/C18H37N3/c1-14(2)21-10-7-8-15(9-11-21)19-16-12-17(3,4)20-18(5,6)13-16/h14-16,19-20H,7-13H2,1-6H3. The zero-order chi connectivity index (χ0) is 15.7. The molecule has 0 amide bonds. The lowest BCUT2D eigenvalue weighted by Crippen LogP contribution is -2.62. The normalized spacial score (nSPS) is 31.3. The molecule has 0 aromatic carbocycles. The van der Waals surface area contributed by atoms with Gasteiger partial charge in [-0.1, -0.05) is 0 Å². The number of rotatable bonds is 3. The van der Waals surface area contributed by atoms with E-state index in [1.54, 1.807) is 0 Å². The summed E-state index contributed by atoms with van der Waals surface area (Å²) in [6, 6.07) is 2.07. The quantitative estimate of drug-likeness (QED) is 0.837. The van der Waals surface area contributed by atoms with Crippen LogP contribution in [-0.2, 0) is 0 Å². The summed E-state index contributed by atoms with van der Waals surface area (Å²) in [7, 11) is 0. The van der Waals surface area contributed by atoms with Crippen molar-refractivity contribution in [2.24, 2.45) is 0 Å². The van der Waals surface area contributed by atoms with Crippen LogP contribution in [0.4, 0.5) is 0 Å². The first-order chi connectivity index (χ1) is 9.67. The van der Waals surface area contributed by atoms with Crippen LogP contribution in [0.1, 0.15) is 73.6 Å². The molecule has 0 aromatic rings. The van der Waals surface area contributed by atoms with Gasteiger partial charge < -0.3 is 15.5 Å². The predicted molar refractivity (Wildman–Crippen MR) is 91.8 cm³/mol. The monoisotopic (exact) mass is 295 g/mol. The molecule has 2 rings (SSSR count). The molecule has 0 aromatic heterocycles. The maximum absolute atomic E-state index is 4.00. The van der Waals surface area contributed by atoms with Crippen molar-refractivity contribution in [3.05, 3.63) is 0 Å². The van der Waals surface area contributed by atoms with Crippen molar-refractivity contribution in [2.45, 2.75) is 103 Å². The average Bonchev–Trinajstić information content (AvgIpc) is 2.50. The third-order valence-electron chi connectivity index (χ3n) is 5.15. The highest BCUT2D eigenvalue weighted by molar-refractivity contribution is 5.00. The predicted octanol–water partition coefficient (Wildman–Crippen LogP) is 3.15. The Morgan fingerprint density at radius 1 is 0.952 bits per heavy atom. The molecule has 1 atom stereocenters. The number of hydrogen-bond acceptors (Lipinski definition) is 3. The molecule has 1 unspecified atom stereocenters. The van der Waals surface area contributed by atoms with Crippen molar-refractivity contribution in [3.63, 3.8) is 0 Å². The first-order valence-corrected chi connectivity index (χ1v) is 8.96. The summed E-state index contributed by atoms with van der Waals surface area (Å²) in [5, 5.41) is 7.79. The Hall–Kier alpha value is -0.120. The third-order valence-corrected chi connectivity index (χ3v) is 5.15. The Kier molecular flexibility index (Phi) is 5.38. The highest BCUT2D eigenvalue weighted by Crippen LogP contribution is 2.29. The van der Waals surface area contributed by atoms with Gasteiger partial charge in [0.2, 0.25) is 0 Å². The second kappa shape index (κ2) is 6.55. The summed E-state index contributed by atoms with van der Waals surface area (Å²) in [6.45, 7) is 16.6. The summed E-state index contributed by atoms with van der Waals surface area (Å²) in [4.78, 5) is 2.64. The van der Waals surface area contributed by atoms with Crippen molar-refractivity contribution >= 4 is 0 Å². The van der Waals surface area contributed by atoms with E-state index in [-0.39, 0.29) is 11.1 Å². The van der Waals surface area contributed by atoms with Crippen LogP contribution in [0.15, 0.2) is 0 Å². The van der Waals surface area contributed by atoms with Crippen LogP contribution in [-0.4, -0.2) is 47.2 Å². The van der Waals surface area contributed by atoms with Crippen LogP contribution in [0.3, 0.4) is 0 Å². The zero-order valence-corrected chi connectivity index (χ0v) is 15.1. The van der Waals surface area contributed by atoms with Crippen molar-refractivity contribution in [2.75, 3.05) is 13.1 Å². The molecule has 2 N–H and O–H groups in total. The Balaban J connectivity index is 1.89. The van der Waals surface area contributed by atoms with Gasteiger partial charge in [-0.05, 0) is 86.7 Å². The van der Waals surface area contributed by atoms with Gasteiger partial charge in [-0.2, -0.15) is 0 Å². The van der Waals surface area contributed by atoms with Gasteiger partial charge in [0, 0.05) is 29.2 Å². The second-order valence-corrected chi connectivity index (χ2v) is 8.92. The molecule has 3 heteroatoms. The van der Waals surface area contributed by atoms with E-state index in [0.717, 1.165) is 0 Å². The summed E-state index contributed by atoms with van der Waals surface area (Å²) in [6.07, 6.45) is 6.46. The van der Waals surface area contributed by atoms with Gasteiger partial charge in [0.25, 0.3) is 0 Å². The lowest BCUT2D eigenvalue weighted by molar-refractivity contribution is 0.137. The Labute approximate surface area is 132 Å². The molecule has 3 nitrogen and oxygen atoms in total. The van der Waals surface area contributed by atoms with Crippen LogP contribution >= 0.6 is 0 Å². The minimum atomic E-state index is 0.244. The van der Waals surface area contributed by atoms with Crippen molar-refractivity contribution in [1.29, 1.82) is 0 Å². The number of likely N-dealkylation sites (tertiary alicyclic amines) is 1. The number of nitrogens with zero attached hydrogens (tertiary/aromatic N) is 1. The Morgan fingerprint density at radius 2 is 1.57 bits per heavy atom. The van der Waals surface area contributed by atoms with E-state index in [1.165, 1.54) is 45.2 Å². The van der Waals surface area contributed by atoms with E-state index in [0.29, 0.717) is 18.1 Å². The van der Waals surface area contributed by atoms with Crippen molar-refractivity contribution in [3.8, 4) is 0 Å². The summed E-state index contributed by atoms with van der Waals surface area (Å²) in [5.41, 5.74) is 0.488. The molecule has 0 aliphatic carbocycles. The van der Waals surface area contributed by atoms with Crippen molar-refractivity contribution in [1.82, 2.24) is 15.5 Å². The summed E-state index contributed by atoms with van der Waals surface area (Å²) >= 11 is 0. The first kappa shape index (κ1) is 17.2. The molecule has 0 spiro atoms. The van der Waals surface area contributed by atoms with Crippen LogP contribution in [0.2, 0.25) is 0 Å². The minimum Gasteiger partial charge on any atom is -0.311 e.